The molecule has 0 saturated carbocycles. The lowest BCUT2D eigenvalue weighted by atomic mass is 9.96. The Morgan fingerprint density at radius 3 is 2.58 bits per heavy atom. The summed E-state index contributed by atoms with van der Waals surface area (Å²) in [6, 6.07) is 0.0248. The van der Waals surface area contributed by atoms with Gasteiger partial charge in [-0.2, -0.15) is 0 Å². The van der Waals surface area contributed by atoms with Gasteiger partial charge in [0, 0.05) is 0 Å². The van der Waals surface area contributed by atoms with Crippen LogP contribution in [0.3, 0.4) is 0 Å². The Balaban J connectivity index is 1.46. The van der Waals surface area contributed by atoms with Crippen LogP contribution < -0.4 is 10.0 Å². The smallest absolute Gasteiger partial charge is 0.211 e. The van der Waals surface area contributed by atoms with Crippen molar-refractivity contribution >= 4 is 10.0 Å². The molecule has 3 atom stereocenters. The minimum atomic E-state index is -3.14. The first-order chi connectivity index (χ1) is 9.12. The van der Waals surface area contributed by atoms with E-state index in [1.807, 2.05) is 0 Å². The van der Waals surface area contributed by atoms with E-state index in [9.17, 15) is 8.42 Å². The van der Waals surface area contributed by atoms with E-state index in [1.165, 1.54) is 0 Å². The van der Waals surface area contributed by atoms with Gasteiger partial charge in [0.05, 0.1) is 24.0 Å². The van der Waals surface area contributed by atoms with E-state index in [2.05, 4.69) is 10.0 Å². The van der Waals surface area contributed by atoms with Crippen LogP contribution >= 0.6 is 0 Å². The van der Waals surface area contributed by atoms with Crippen molar-refractivity contribution in [2.75, 3.05) is 18.8 Å². The molecule has 0 aliphatic carbocycles. The van der Waals surface area contributed by atoms with Crippen molar-refractivity contribution < 1.29 is 13.2 Å². The highest BCUT2D eigenvalue weighted by Crippen LogP contribution is 2.34. The molecule has 3 rings (SSSR count). The third-order valence-electron chi connectivity index (χ3n) is 4.69. The van der Waals surface area contributed by atoms with Crippen LogP contribution in [0.4, 0.5) is 0 Å². The van der Waals surface area contributed by atoms with Crippen molar-refractivity contribution in [3.8, 4) is 0 Å². The average Bonchev–Trinajstić information content (AvgIpc) is 2.99. The monoisotopic (exact) mass is 288 g/mol. The van der Waals surface area contributed by atoms with Crippen LogP contribution in [0, 0.1) is 5.92 Å². The lowest BCUT2D eigenvalue weighted by molar-refractivity contribution is 0.0996. The van der Waals surface area contributed by atoms with E-state index < -0.39 is 10.0 Å². The Morgan fingerprint density at radius 2 is 1.95 bits per heavy atom. The van der Waals surface area contributed by atoms with E-state index in [-0.39, 0.29) is 17.9 Å². The molecule has 110 valence electrons. The summed E-state index contributed by atoms with van der Waals surface area (Å²) in [5, 5.41) is 3.31. The van der Waals surface area contributed by atoms with E-state index >= 15 is 0 Å². The second-order valence-corrected chi connectivity index (χ2v) is 8.01. The van der Waals surface area contributed by atoms with Crippen molar-refractivity contribution in [3.05, 3.63) is 0 Å². The van der Waals surface area contributed by atoms with E-state index in [0.717, 1.165) is 51.6 Å². The van der Waals surface area contributed by atoms with Crippen LogP contribution in [0.25, 0.3) is 0 Å². The minimum Gasteiger partial charge on any atom is -0.373 e. The molecule has 0 radical (unpaired) electrons. The third-order valence-corrected chi connectivity index (χ3v) is 6.13. The summed E-state index contributed by atoms with van der Waals surface area (Å²) in [4.78, 5) is 0. The summed E-state index contributed by atoms with van der Waals surface area (Å²) in [5.41, 5.74) is 0. The summed E-state index contributed by atoms with van der Waals surface area (Å²) in [7, 11) is -3.14. The predicted molar refractivity (Wildman–Crippen MR) is 73.4 cm³/mol. The highest BCUT2D eigenvalue weighted by molar-refractivity contribution is 7.89. The molecule has 5 nitrogen and oxygen atoms in total. The minimum absolute atomic E-state index is 0.0248. The van der Waals surface area contributed by atoms with Crippen molar-refractivity contribution in [2.45, 2.75) is 56.8 Å². The number of ether oxygens (including phenoxy) is 1. The molecule has 0 aromatic carbocycles. The average molecular weight is 288 g/mol. The van der Waals surface area contributed by atoms with E-state index in [4.69, 9.17) is 4.74 Å². The standard InChI is InChI=1S/C13H24N2O3S/c16-19(17,8-5-10-3-6-14-7-4-10)15-12-9-11-1-2-13(12)18-11/h10-15H,1-9H2. The molecule has 0 spiro atoms. The van der Waals surface area contributed by atoms with Gasteiger partial charge in [0.15, 0.2) is 0 Å². The fourth-order valence-corrected chi connectivity index (χ4v) is 5.01. The quantitative estimate of drug-likeness (QED) is 0.778. The summed E-state index contributed by atoms with van der Waals surface area (Å²) in [6.07, 6.45) is 6.38. The molecule has 0 amide bonds. The zero-order valence-electron chi connectivity index (χ0n) is 11.3. The van der Waals surface area contributed by atoms with Crippen LogP contribution in [0.2, 0.25) is 0 Å². The number of sulfonamides is 1. The molecular formula is C13H24N2O3S. The molecule has 6 heteroatoms. The number of rotatable bonds is 5. The lowest BCUT2D eigenvalue weighted by Crippen LogP contribution is -2.42. The SMILES string of the molecule is O=S(=O)(CCC1CCNCC1)NC1CC2CCC1O2. The van der Waals surface area contributed by atoms with Gasteiger partial charge in [0.2, 0.25) is 10.0 Å². The Hall–Kier alpha value is -0.170. The van der Waals surface area contributed by atoms with Crippen LogP contribution in [0.1, 0.15) is 38.5 Å². The first-order valence-electron chi connectivity index (χ1n) is 7.48. The predicted octanol–water partition coefficient (Wildman–Crippen LogP) is 0.615. The van der Waals surface area contributed by atoms with Crippen molar-refractivity contribution in [2.24, 2.45) is 5.92 Å². The van der Waals surface area contributed by atoms with E-state index in [0.29, 0.717) is 12.0 Å². The first-order valence-corrected chi connectivity index (χ1v) is 9.14. The van der Waals surface area contributed by atoms with Crippen molar-refractivity contribution in [3.63, 3.8) is 0 Å². The molecular weight excluding hydrogens is 264 g/mol. The van der Waals surface area contributed by atoms with Gasteiger partial charge in [0.1, 0.15) is 0 Å². The van der Waals surface area contributed by atoms with Gasteiger partial charge in [0.25, 0.3) is 0 Å². The van der Waals surface area contributed by atoms with Crippen LogP contribution in [-0.4, -0.2) is 45.5 Å². The van der Waals surface area contributed by atoms with Gasteiger partial charge in [-0.15, -0.1) is 0 Å². The zero-order chi connectivity index (χ0) is 13.3. The number of fused-ring (bicyclic) bond motifs is 2. The van der Waals surface area contributed by atoms with Crippen LogP contribution in [0.5, 0.6) is 0 Å². The zero-order valence-corrected chi connectivity index (χ0v) is 12.1. The van der Waals surface area contributed by atoms with Gasteiger partial charge < -0.3 is 10.1 Å². The maximum atomic E-state index is 12.1. The summed E-state index contributed by atoms with van der Waals surface area (Å²) in [5.74, 6) is 0.833. The molecule has 2 bridgehead atoms. The lowest BCUT2D eigenvalue weighted by Gasteiger charge is -2.24. The Morgan fingerprint density at radius 1 is 1.16 bits per heavy atom. The van der Waals surface area contributed by atoms with Gasteiger partial charge >= 0.3 is 0 Å². The van der Waals surface area contributed by atoms with Gasteiger partial charge in [-0.05, 0) is 57.5 Å². The highest BCUT2D eigenvalue weighted by atomic mass is 32.2. The molecule has 3 saturated heterocycles. The van der Waals surface area contributed by atoms with Gasteiger partial charge in [-0.1, -0.05) is 0 Å². The number of hydrogen-bond donors (Lipinski definition) is 2. The maximum absolute atomic E-state index is 12.1. The van der Waals surface area contributed by atoms with Crippen molar-refractivity contribution in [1.82, 2.24) is 10.0 Å². The van der Waals surface area contributed by atoms with Gasteiger partial charge in [-0.25, -0.2) is 13.1 Å². The fourth-order valence-electron chi connectivity index (χ4n) is 3.54. The fraction of sp³-hybridized carbons (Fsp3) is 1.00. The van der Waals surface area contributed by atoms with E-state index in [1.54, 1.807) is 0 Å². The molecule has 3 aliphatic rings. The molecule has 3 fully saturated rings. The maximum Gasteiger partial charge on any atom is 0.211 e. The third kappa shape index (κ3) is 3.48. The molecule has 3 heterocycles. The summed E-state index contributed by atoms with van der Waals surface area (Å²) in [6.45, 7) is 2.05. The first kappa shape index (κ1) is 13.8. The van der Waals surface area contributed by atoms with Crippen LogP contribution in [0.15, 0.2) is 0 Å². The Labute approximate surface area is 115 Å². The number of nitrogens with one attached hydrogen (secondary N) is 2. The largest absolute Gasteiger partial charge is 0.373 e. The second-order valence-electron chi connectivity index (χ2n) is 6.13. The number of hydrogen-bond acceptors (Lipinski definition) is 4. The second kappa shape index (κ2) is 5.68. The Kier molecular flexibility index (Phi) is 4.12. The molecule has 3 aliphatic heterocycles. The molecule has 3 unspecified atom stereocenters. The Bertz CT molecular complexity index is 406. The molecule has 0 aromatic heterocycles. The molecule has 19 heavy (non-hydrogen) atoms. The topological polar surface area (TPSA) is 67.4 Å². The summed E-state index contributed by atoms with van der Waals surface area (Å²) < 4.78 is 32.8. The number of piperidine rings is 1. The van der Waals surface area contributed by atoms with Crippen molar-refractivity contribution in [1.29, 1.82) is 0 Å². The summed E-state index contributed by atoms with van der Waals surface area (Å²) >= 11 is 0. The molecule has 2 N–H and O–H groups in total. The van der Waals surface area contributed by atoms with Gasteiger partial charge in [-0.3, -0.25) is 0 Å². The highest BCUT2D eigenvalue weighted by Gasteiger charge is 2.42. The molecule has 0 aromatic rings. The van der Waals surface area contributed by atoms with Crippen LogP contribution in [-0.2, 0) is 14.8 Å². The normalized spacial score (nSPS) is 35.9.